The number of amides is 1. The van der Waals surface area contributed by atoms with E-state index in [1.54, 1.807) is 0 Å². The van der Waals surface area contributed by atoms with Crippen LogP contribution in [0.15, 0.2) is 53.0 Å². The fourth-order valence-electron chi connectivity index (χ4n) is 2.36. The molecule has 2 rings (SSSR count). The predicted molar refractivity (Wildman–Crippen MR) is 93.8 cm³/mol. The molecule has 2 atom stereocenters. The van der Waals surface area contributed by atoms with Crippen LogP contribution in [0.5, 0.6) is 0 Å². The van der Waals surface area contributed by atoms with Crippen molar-refractivity contribution in [2.45, 2.75) is 32.9 Å². The van der Waals surface area contributed by atoms with Crippen molar-refractivity contribution < 1.29 is 10.1 Å². The molecule has 0 saturated carbocycles. The first kappa shape index (κ1) is 16.7. The largest absolute Gasteiger partial charge is 0.330 e. The first-order chi connectivity index (χ1) is 10.5. The number of halogens is 1. The van der Waals surface area contributed by atoms with Gasteiger partial charge in [-0.15, -0.1) is 0 Å². The zero-order valence-electron chi connectivity index (χ0n) is 13.1. The fraction of sp³-hybridized carbons (Fsp3) is 0.278. The Bertz CT molecular complexity index is 640. The molecule has 0 bridgehead atoms. The molecule has 22 heavy (non-hydrogen) atoms. The number of hydrogen-bond acceptors (Lipinski definition) is 1. The Morgan fingerprint density at radius 2 is 1.73 bits per heavy atom. The molecule has 0 radical (unpaired) electrons. The summed E-state index contributed by atoms with van der Waals surface area (Å²) in [6.07, 6.45) is 0. The Morgan fingerprint density at radius 1 is 1.09 bits per heavy atom. The van der Waals surface area contributed by atoms with Crippen molar-refractivity contribution in [3.05, 3.63) is 64.1 Å². The van der Waals surface area contributed by atoms with Gasteiger partial charge in [-0.2, -0.15) is 0 Å². The second-order valence-corrected chi connectivity index (χ2v) is 6.50. The van der Waals surface area contributed by atoms with Crippen molar-refractivity contribution in [2.75, 3.05) is 5.32 Å². The van der Waals surface area contributed by atoms with Gasteiger partial charge in [0.2, 0.25) is 0 Å². The van der Waals surface area contributed by atoms with Crippen LogP contribution in [0.25, 0.3) is 0 Å². The molecule has 2 aromatic rings. The van der Waals surface area contributed by atoms with E-state index in [4.69, 9.17) is 0 Å². The van der Waals surface area contributed by atoms with E-state index in [1.165, 1.54) is 11.1 Å². The summed E-state index contributed by atoms with van der Waals surface area (Å²) in [5.74, 6) is 0.0164. The van der Waals surface area contributed by atoms with Crippen LogP contribution in [0.1, 0.15) is 31.0 Å². The van der Waals surface area contributed by atoms with Crippen LogP contribution in [0.2, 0.25) is 0 Å². The van der Waals surface area contributed by atoms with Gasteiger partial charge in [-0.05, 0) is 39.0 Å². The van der Waals surface area contributed by atoms with Gasteiger partial charge in [-0.25, -0.2) is 0 Å². The molecule has 0 heterocycles. The number of nitrogens with two attached hydrogens (primary N) is 1. The van der Waals surface area contributed by atoms with E-state index in [0.717, 1.165) is 10.2 Å². The molecule has 4 heteroatoms. The summed E-state index contributed by atoms with van der Waals surface area (Å²) in [4.78, 5) is 12.3. The van der Waals surface area contributed by atoms with Crippen LogP contribution in [0.3, 0.4) is 0 Å². The highest BCUT2D eigenvalue weighted by Crippen LogP contribution is 2.20. The Kier molecular flexibility index (Phi) is 5.75. The highest BCUT2D eigenvalue weighted by molar-refractivity contribution is 9.10. The summed E-state index contributed by atoms with van der Waals surface area (Å²) in [6.45, 7) is 6.06. The van der Waals surface area contributed by atoms with Crippen molar-refractivity contribution in [3.63, 3.8) is 0 Å². The molecule has 1 amide bonds. The highest BCUT2D eigenvalue weighted by atomic mass is 79.9. The Balaban J connectivity index is 1.96. The quantitative estimate of drug-likeness (QED) is 0.841. The van der Waals surface area contributed by atoms with Crippen LogP contribution in [-0.4, -0.2) is 11.9 Å². The van der Waals surface area contributed by atoms with Gasteiger partial charge < -0.3 is 10.6 Å². The van der Waals surface area contributed by atoms with Crippen LogP contribution < -0.4 is 10.6 Å². The maximum atomic E-state index is 12.3. The van der Waals surface area contributed by atoms with Gasteiger partial charge >= 0.3 is 0 Å². The molecular weight excluding hydrogens is 340 g/mol. The predicted octanol–water partition coefficient (Wildman–Crippen LogP) is 3.41. The lowest BCUT2D eigenvalue weighted by atomic mass is 10.1. The minimum absolute atomic E-state index is 0.0164. The molecule has 2 aromatic carbocycles. The van der Waals surface area contributed by atoms with E-state index in [0.29, 0.717) is 0 Å². The molecule has 0 aromatic heterocycles. The molecule has 3 nitrogen and oxygen atoms in total. The third-order valence-electron chi connectivity index (χ3n) is 3.71. The van der Waals surface area contributed by atoms with Gasteiger partial charge in [-0.3, -0.25) is 4.79 Å². The fourth-order valence-corrected chi connectivity index (χ4v) is 3.01. The van der Waals surface area contributed by atoms with E-state index < -0.39 is 0 Å². The monoisotopic (exact) mass is 361 g/mol. The zero-order valence-corrected chi connectivity index (χ0v) is 14.7. The average Bonchev–Trinajstić information content (AvgIpc) is 2.49. The lowest BCUT2D eigenvalue weighted by Gasteiger charge is -2.18. The second kappa shape index (κ2) is 7.56. The third kappa shape index (κ3) is 4.42. The maximum absolute atomic E-state index is 12.3. The molecule has 0 unspecified atom stereocenters. The number of hydrogen-bond donors (Lipinski definition) is 2. The third-order valence-corrected chi connectivity index (χ3v) is 4.43. The Hall–Kier alpha value is -1.65. The SMILES string of the molecule is Cc1ccc(NC(=O)[C@H](C)[NH2+][C@@H](C)c2ccccc2Br)cc1. The van der Waals surface area contributed by atoms with Gasteiger partial charge in [0.15, 0.2) is 6.04 Å². The van der Waals surface area contributed by atoms with Gasteiger partial charge in [0.05, 0.1) is 0 Å². The van der Waals surface area contributed by atoms with Crippen LogP contribution >= 0.6 is 15.9 Å². The van der Waals surface area contributed by atoms with Crippen molar-refractivity contribution >= 4 is 27.5 Å². The number of aryl methyl sites for hydroxylation is 1. The zero-order chi connectivity index (χ0) is 16.1. The molecule has 0 saturated heterocycles. The lowest BCUT2D eigenvalue weighted by Crippen LogP contribution is -2.91. The van der Waals surface area contributed by atoms with E-state index in [1.807, 2.05) is 56.3 Å². The molecule has 0 spiro atoms. The molecular formula is C18H22BrN2O+. The summed E-state index contributed by atoms with van der Waals surface area (Å²) in [6, 6.07) is 16.0. The highest BCUT2D eigenvalue weighted by Gasteiger charge is 2.21. The summed E-state index contributed by atoms with van der Waals surface area (Å²) in [5.41, 5.74) is 3.21. The Labute approximate surface area is 140 Å². The lowest BCUT2D eigenvalue weighted by molar-refractivity contribution is -0.709. The summed E-state index contributed by atoms with van der Waals surface area (Å²) >= 11 is 3.56. The summed E-state index contributed by atoms with van der Waals surface area (Å²) in [5, 5.41) is 5.03. The van der Waals surface area contributed by atoms with E-state index >= 15 is 0 Å². The summed E-state index contributed by atoms with van der Waals surface area (Å²) in [7, 11) is 0. The molecule has 0 fully saturated rings. The van der Waals surface area contributed by atoms with Gasteiger partial charge in [0.1, 0.15) is 6.04 Å². The smallest absolute Gasteiger partial charge is 0.282 e. The number of carbonyl (C=O) groups is 1. The minimum Gasteiger partial charge on any atom is -0.330 e. The number of rotatable bonds is 5. The molecule has 0 aliphatic heterocycles. The van der Waals surface area contributed by atoms with E-state index in [2.05, 4.69) is 39.6 Å². The maximum Gasteiger partial charge on any atom is 0.282 e. The van der Waals surface area contributed by atoms with Crippen LogP contribution in [0, 0.1) is 6.92 Å². The second-order valence-electron chi connectivity index (χ2n) is 5.65. The first-order valence-corrected chi connectivity index (χ1v) is 8.23. The van der Waals surface area contributed by atoms with Crippen molar-refractivity contribution in [2.24, 2.45) is 0 Å². The first-order valence-electron chi connectivity index (χ1n) is 7.44. The number of quaternary nitrogens is 1. The van der Waals surface area contributed by atoms with Crippen molar-refractivity contribution in [1.29, 1.82) is 0 Å². The van der Waals surface area contributed by atoms with Crippen molar-refractivity contribution in [1.82, 2.24) is 0 Å². The number of benzene rings is 2. The van der Waals surface area contributed by atoms with Crippen LogP contribution in [0.4, 0.5) is 5.69 Å². The molecule has 3 N–H and O–H groups in total. The van der Waals surface area contributed by atoms with Gasteiger partial charge in [0, 0.05) is 15.7 Å². The van der Waals surface area contributed by atoms with E-state index in [-0.39, 0.29) is 18.0 Å². The normalized spacial score (nSPS) is 13.5. The summed E-state index contributed by atoms with van der Waals surface area (Å²) < 4.78 is 1.07. The standard InChI is InChI=1S/C18H21BrN2O/c1-12-8-10-15(11-9-12)21-18(22)14(3)20-13(2)16-6-4-5-7-17(16)19/h4-11,13-14,20H,1-3H3,(H,21,22)/p+1/t13-,14-/m0/s1. The van der Waals surface area contributed by atoms with Gasteiger partial charge in [-0.1, -0.05) is 51.8 Å². The topological polar surface area (TPSA) is 45.7 Å². The number of nitrogens with one attached hydrogen (secondary N) is 1. The molecule has 0 aliphatic carbocycles. The number of carbonyl (C=O) groups excluding carboxylic acids is 1. The van der Waals surface area contributed by atoms with Crippen LogP contribution in [-0.2, 0) is 4.79 Å². The van der Waals surface area contributed by atoms with E-state index in [9.17, 15) is 4.79 Å². The molecule has 0 aliphatic rings. The van der Waals surface area contributed by atoms with Crippen molar-refractivity contribution in [3.8, 4) is 0 Å². The number of anilines is 1. The average molecular weight is 362 g/mol. The minimum atomic E-state index is -0.164. The van der Waals surface area contributed by atoms with Gasteiger partial charge in [0.25, 0.3) is 5.91 Å². The Morgan fingerprint density at radius 3 is 2.36 bits per heavy atom. The molecule has 116 valence electrons.